The van der Waals surface area contributed by atoms with Gasteiger partial charge in [0.2, 0.25) is 0 Å². The van der Waals surface area contributed by atoms with Crippen LogP contribution in [0.5, 0.6) is 5.75 Å². The average Bonchev–Trinajstić information content (AvgIpc) is 2.25. The van der Waals surface area contributed by atoms with E-state index in [2.05, 4.69) is 5.32 Å². The second-order valence-electron chi connectivity index (χ2n) is 3.54. The fourth-order valence-electron chi connectivity index (χ4n) is 1.53. The second-order valence-corrected chi connectivity index (χ2v) is 4.04. The third kappa shape index (κ3) is 2.76. The molecule has 1 aliphatic heterocycles. The number of anilines is 1. The largest absolute Gasteiger partial charge is 0.508 e. The van der Waals surface area contributed by atoms with Crippen LogP contribution in [0.3, 0.4) is 0 Å². The van der Waals surface area contributed by atoms with Gasteiger partial charge in [-0.2, -0.15) is 0 Å². The third-order valence-electron chi connectivity index (χ3n) is 2.38. The van der Waals surface area contributed by atoms with Crippen molar-refractivity contribution < 1.29 is 9.84 Å². The number of aromatic hydroxyl groups is 1. The average molecular weight is 227 g/mol. The zero-order chi connectivity index (χ0) is 10.7. The number of ether oxygens (including phenoxy) is 1. The number of nitrogens with one attached hydrogen (secondary N) is 1. The summed E-state index contributed by atoms with van der Waals surface area (Å²) < 4.78 is 5.13. The molecule has 15 heavy (non-hydrogen) atoms. The van der Waals surface area contributed by atoms with Gasteiger partial charge in [-0.1, -0.05) is 0 Å². The van der Waals surface area contributed by atoms with Gasteiger partial charge in [0.15, 0.2) is 0 Å². The molecule has 1 aromatic rings. The number of hydrogen-bond donors (Lipinski definition) is 2. The number of alkyl halides is 1. The lowest BCUT2D eigenvalue weighted by atomic mass is 10.1. The van der Waals surface area contributed by atoms with E-state index in [1.807, 2.05) is 12.1 Å². The number of rotatable bonds is 2. The van der Waals surface area contributed by atoms with E-state index >= 15 is 0 Å². The van der Waals surface area contributed by atoms with Crippen LogP contribution < -0.4 is 5.32 Å². The summed E-state index contributed by atoms with van der Waals surface area (Å²) in [6, 6.07) is 7.14. The van der Waals surface area contributed by atoms with E-state index in [4.69, 9.17) is 21.4 Å². The Hall–Kier alpha value is -0.930. The summed E-state index contributed by atoms with van der Waals surface area (Å²) in [4.78, 5) is 0. The summed E-state index contributed by atoms with van der Waals surface area (Å²) >= 11 is 6.07. The number of halogens is 1. The third-order valence-corrected chi connectivity index (χ3v) is 2.78. The van der Waals surface area contributed by atoms with Crippen molar-refractivity contribution in [3.8, 4) is 5.75 Å². The SMILES string of the molecule is Oc1ccc(NC2CCO[CH]C2Cl)cc1. The number of phenols is 1. The van der Waals surface area contributed by atoms with Gasteiger partial charge in [0, 0.05) is 18.3 Å². The number of hydrogen-bond acceptors (Lipinski definition) is 3. The summed E-state index contributed by atoms with van der Waals surface area (Å²) in [5, 5.41) is 12.3. The quantitative estimate of drug-likeness (QED) is 0.601. The van der Waals surface area contributed by atoms with Crippen molar-refractivity contribution in [3.63, 3.8) is 0 Å². The molecule has 0 aliphatic carbocycles. The lowest BCUT2D eigenvalue weighted by Crippen LogP contribution is -2.35. The lowest BCUT2D eigenvalue weighted by Gasteiger charge is -2.28. The summed E-state index contributed by atoms with van der Waals surface area (Å²) in [6.07, 6.45) is 0.880. The first kappa shape index (κ1) is 10.6. The molecule has 1 fully saturated rings. The highest BCUT2D eigenvalue weighted by Crippen LogP contribution is 2.22. The molecule has 2 atom stereocenters. The molecule has 0 spiro atoms. The predicted octanol–water partition coefficient (Wildman–Crippen LogP) is 2.36. The van der Waals surface area contributed by atoms with Gasteiger partial charge in [-0.25, -0.2) is 0 Å². The minimum atomic E-state index is -0.118. The highest BCUT2D eigenvalue weighted by Gasteiger charge is 2.23. The molecule has 1 aliphatic rings. The molecule has 1 saturated heterocycles. The van der Waals surface area contributed by atoms with Crippen LogP contribution in [0, 0.1) is 6.61 Å². The fraction of sp³-hybridized carbons (Fsp3) is 0.364. The van der Waals surface area contributed by atoms with Crippen molar-refractivity contribution >= 4 is 17.3 Å². The smallest absolute Gasteiger partial charge is 0.115 e. The van der Waals surface area contributed by atoms with Gasteiger partial charge >= 0.3 is 0 Å². The van der Waals surface area contributed by atoms with E-state index in [9.17, 15) is 0 Å². The summed E-state index contributed by atoms with van der Waals surface area (Å²) in [5.74, 6) is 0.265. The van der Waals surface area contributed by atoms with Crippen LogP contribution in [-0.4, -0.2) is 23.1 Å². The first-order valence-electron chi connectivity index (χ1n) is 4.90. The molecule has 1 heterocycles. The highest BCUT2D eigenvalue weighted by atomic mass is 35.5. The van der Waals surface area contributed by atoms with E-state index in [1.165, 1.54) is 0 Å². The molecule has 2 N–H and O–H groups in total. The first-order chi connectivity index (χ1) is 7.25. The van der Waals surface area contributed by atoms with Crippen molar-refractivity contribution in [2.24, 2.45) is 0 Å². The Morgan fingerprint density at radius 1 is 1.33 bits per heavy atom. The standard InChI is InChI=1S/C11H13ClNO2/c12-10-7-15-6-5-11(10)13-8-1-3-9(14)4-2-8/h1-4,7,10-11,13-14H,5-6H2. The lowest BCUT2D eigenvalue weighted by molar-refractivity contribution is 0.151. The van der Waals surface area contributed by atoms with Crippen molar-refractivity contribution in [2.75, 3.05) is 11.9 Å². The maximum atomic E-state index is 9.13. The molecule has 1 radical (unpaired) electrons. The molecule has 0 aromatic heterocycles. The number of phenolic OH excluding ortho intramolecular Hbond substituents is 1. The van der Waals surface area contributed by atoms with Gasteiger partial charge in [-0.15, -0.1) is 11.6 Å². The van der Waals surface area contributed by atoms with Crippen molar-refractivity contribution in [3.05, 3.63) is 30.9 Å². The Morgan fingerprint density at radius 3 is 2.73 bits per heavy atom. The van der Waals surface area contributed by atoms with Crippen LogP contribution in [0.4, 0.5) is 5.69 Å². The van der Waals surface area contributed by atoms with Gasteiger partial charge in [0.1, 0.15) is 12.4 Å². The van der Waals surface area contributed by atoms with Crippen LogP contribution in [0.1, 0.15) is 6.42 Å². The van der Waals surface area contributed by atoms with Crippen molar-refractivity contribution in [1.82, 2.24) is 0 Å². The molecular formula is C11H13ClNO2. The summed E-state index contributed by atoms with van der Waals surface area (Å²) in [7, 11) is 0. The van der Waals surface area contributed by atoms with Gasteiger partial charge < -0.3 is 15.2 Å². The molecule has 0 amide bonds. The molecule has 4 heteroatoms. The van der Waals surface area contributed by atoms with Crippen LogP contribution in [-0.2, 0) is 4.74 Å². The first-order valence-corrected chi connectivity index (χ1v) is 5.34. The topological polar surface area (TPSA) is 41.5 Å². The molecular weight excluding hydrogens is 214 g/mol. The van der Waals surface area contributed by atoms with Crippen LogP contribution in [0.25, 0.3) is 0 Å². The predicted molar refractivity (Wildman–Crippen MR) is 60.0 cm³/mol. The second kappa shape index (κ2) is 4.73. The molecule has 0 bridgehead atoms. The maximum absolute atomic E-state index is 9.13. The molecule has 3 nitrogen and oxygen atoms in total. The summed E-state index contributed by atoms with van der Waals surface area (Å²) in [6.45, 7) is 2.35. The van der Waals surface area contributed by atoms with Gasteiger partial charge in [0.25, 0.3) is 0 Å². The molecule has 2 rings (SSSR count). The van der Waals surface area contributed by atoms with E-state index in [-0.39, 0.29) is 17.2 Å². The van der Waals surface area contributed by atoms with Crippen molar-refractivity contribution in [2.45, 2.75) is 17.8 Å². The van der Waals surface area contributed by atoms with Crippen molar-refractivity contribution in [1.29, 1.82) is 0 Å². The van der Waals surface area contributed by atoms with Gasteiger partial charge in [-0.3, -0.25) is 0 Å². The Labute approximate surface area is 94.0 Å². The van der Waals surface area contributed by atoms with E-state index in [1.54, 1.807) is 18.7 Å². The molecule has 2 unspecified atom stereocenters. The Bertz CT molecular complexity index is 315. The van der Waals surface area contributed by atoms with Crippen LogP contribution >= 0.6 is 11.6 Å². The van der Waals surface area contributed by atoms with Gasteiger partial charge in [0.05, 0.1) is 5.38 Å². The minimum absolute atomic E-state index is 0.118. The minimum Gasteiger partial charge on any atom is -0.508 e. The summed E-state index contributed by atoms with van der Waals surface area (Å²) in [5.41, 5.74) is 0.957. The highest BCUT2D eigenvalue weighted by molar-refractivity contribution is 6.22. The molecule has 81 valence electrons. The monoisotopic (exact) mass is 226 g/mol. The van der Waals surface area contributed by atoms with Gasteiger partial charge in [-0.05, 0) is 30.7 Å². The molecule has 0 saturated carbocycles. The van der Waals surface area contributed by atoms with Crippen LogP contribution in [0.15, 0.2) is 24.3 Å². The fourth-order valence-corrected chi connectivity index (χ4v) is 1.79. The van der Waals surface area contributed by atoms with Crippen LogP contribution in [0.2, 0.25) is 0 Å². The Balaban J connectivity index is 1.98. The number of benzene rings is 1. The van der Waals surface area contributed by atoms with E-state index in [0.29, 0.717) is 6.61 Å². The molecule has 1 aromatic carbocycles. The zero-order valence-corrected chi connectivity index (χ0v) is 8.95. The maximum Gasteiger partial charge on any atom is 0.115 e. The normalized spacial score (nSPS) is 26.2. The Morgan fingerprint density at radius 2 is 2.07 bits per heavy atom. The van der Waals surface area contributed by atoms with E-state index in [0.717, 1.165) is 12.1 Å². The zero-order valence-electron chi connectivity index (χ0n) is 8.19. The Kier molecular flexibility index (Phi) is 3.34. The van der Waals surface area contributed by atoms with E-state index < -0.39 is 0 Å².